The Kier molecular flexibility index (Phi) is 9.06. The highest BCUT2D eigenvalue weighted by Gasteiger charge is 2.15. The lowest BCUT2D eigenvalue weighted by molar-refractivity contribution is -0.113. The van der Waals surface area contributed by atoms with Crippen LogP contribution in [0.3, 0.4) is 0 Å². The molecule has 4 rings (SSSR count). The first kappa shape index (κ1) is 27.1. The Morgan fingerprint density at radius 1 is 0.769 bits per heavy atom. The number of ketones is 1. The fourth-order valence-corrected chi connectivity index (χ4v) is 3.72. The number of amides is 2. The molecular weight excluding hydrogens is 512 g/mol. The zero-order valence-electron chi connectivity index (χ0n) is 21.1. The van der Waals surface area contributed by atoms with Crippen molar-refractivity contribution in [1.29, 1.82) is 0 Å². The van der Waals surface area contributed by atoms with Crippen molar-refractivity contribution in [3.05, 3.63) is 142 Å². The van der Waals surface area contributed by atoms with Crippen molar-refractivity contribution < 1.29 is 19.1 Å². The predicted octanol–water partition coefficient (Wildman–Crippen LogP) is 6.65. The molecule has 0 aliphatic heterocycles. The van der Waals surface area contributed by atoms with Crippen molar-refractivity contribution in [2.24, 2.45) is 0 Å². The molecule has 0 spiro atoms. The van der Waals surface area contributed by atoms with Crippen LogP contribution in [0.2, 0.25) is 5.02 Å². The molecule has 0 bridgehead atoms. The number of nitrogens with one attached hydrogen (secondary N) is 2. The zero-order valence-corrected chi connectivity index (χ0v) is 21.8. The minimum absolute atomic E-state index is 0.0446. The van der Waals surface area contributed by atoms with Crippen LogP contribution in [-0.4, -0.2) is 24.7 Å². The maximum atomic E-state index is 13.2. The fourth-order valence-electron chi connectivity index (χ4n) is 3.60. The van der Waals surface area contributed by atoms with Crippen LogP contribution in [0.1, 0.15) is 31.8 Å². The third-order valence-electron chi connectivity index (χ3n) is 5.66. The SMILES string of the molecule is COc1cccc(/C=C(\NC(=O)c2ccccc2)C(=O)Nc2ccc(C(=O)/C=C/c3ccc(Cl)cc3)cc2)c1. The van der Waals surface area contributed by atoms with Crippen LogP contribution < -0.4 is 15.4 Å². The van der Waals surface area contributed by atoms with E-state index in [-0.39, 0.29) is 11.5 Å². The van der Waals surface area contributed by atoms with Crippen LogP contribution in [0.25, 0.3) is 12.2 Å². The van der Waals surface area contributed by atoms with E-state index in [1.54, 1.807) is 110 Å². The zero-order chi connectivity index (χ0) is 27.6. The maximum Gasteiger partial charge on any atom is 0.272 e. The Bertz CT molecular complexity index is 1530. The van der Waals surface area contributed by atoms with Gasteiger partial charge in [0.25, 0.3) is 11.8 Å². The molecule has 2 N–H and O–H groups in total. The normalized spacial score (nSPS) is 11.2. The van der Waals surface area contributed by atoms with E-state index in [9.17, 15) is 14.4 Å². The van der Waals surface area contributed by atoms with Crippen LogP contribution in [0, 0.1) is 0 Å². The summed E-state index contributed by atoms with van der Waals surface area (Å²) in [5.41, 5.74) is 2.90. The summed E-state index contributed by atoms with van der Waals surface area (Å²) in [5.74, 6) is -0.517. The molecule has 0 saturated heterocycles. The molecule has 0 radical (unpaired) electrons. The monoisotopic (exact) mass is 536 g/mol. The van der Waals surface area contributed by atoms with Crippen molar-refractivity contribution in [2.45, 2.75) is 0 Å². The molecule has 0 unspecified atom stereocenters. The van der Waals surface area contributed by atoms with Gasteiger partial charge in [0.05, 0.1) is 7.11 Å². The van der Waals surface area contributed by atoms with Crippen LogP contribution in [0.15, 0.2) is 115 Å². The lowest BCUT2D eigenvalue weighted by atomic mass is 10.1. The summed E-state index contributed by atoms with van der Waals surface area (Å²) in [6, 6.07) is 29.4. The summed E-state index contributed by atoms with van der Waals surface area (Å²) in [5, 5.41) is 6.11. The molecule has 0 heterocycles. The molecule has 39 heavy (non-hydrogen) atoms. The third kappa shape index (κ3) is 7.77. The number of halogens is 1. The van der Waals surface area contributed by atoms with Crippen molar-refractivity contribution in [3.63, 3.8) is 0 Å². The second-order valence-corrected chi connectivity index (χ2v) is 8.87. The number of allylic oxidation sites excluding steroid dienone is 1. The summed E-state index contributed by atoms with van der Waals surface area (Å²) >= 11 is 5.90. The van der Waals surface area contributed by atoms with E-state index >= 15 is 0 Å². The molecule has 4 aromatic rings. The van der Waals surface area contributed by atoms with Gasteiger partial charge < -0.3 is 15.4 Å². The smallest absolute Gasteiger partial charge is 0.272 e. The van der Waals surface area contributed by atoms with Crippen molar-refractivity contribution in [3.8, 4) is 5.75 Å². The average molecular weight is 537 g/mol. The van der Waals surface area contributed by atoms with E-state index in [2.05, 4.69) is 10.6 Å². The number of carbonyl (C=O) groups is 3. The summed E-state index contributed by atoms with van der Waals surface area (Å²) in [6.45, 7) is 0. The molecular formula is C32H25ClN2O4. The van der Waals surface area contributed by atoms with E-state index in [0.717, 1.165) is 5.56 Å². The number of hydrogen-bond donors (Lipinski definition) is 2. The van der Waals surface area contributed by atoms with Gasteiger partial charge in [-0.2, -0.15) is 0 Å². The molecule has 0 aliphatic carbocycles. The molecule has 0 aliphatic rings. The minimum atomic E-state index is -0.524. The van der Waals surface area contributed by atoms with E-state index < -0.39 is 11.8 Å². The molecule has 0 aromatic heterocycles. The molecule has 2 amide bonds. The maximum absolute atomic E-state index is 13.2. The van der Waals surface area contributed by atoms with Crippen molar-refractivity contribution >= 4 is 47.0 Å². The van der Waals surface area contributed by atoms with Gasteiger partial charge in [0.2, 0.25) is 0 Å². The van der Waals surface area contributed by atoms with Gasteiger partial charge in [0, 0.05) is 21.8 Å². The molecule has 194 valence electrons. The topological polar surface area (TPSA) is 84.5 Å². The summed E-state index contributed by atoms with van der Waals surface area (Å²) < 4.78 is 5.27. The fraction of sp³-hybridized carbons (Fsp3) is 0.0312. The van der Waals surface area contributed by atoms with Gasteiger partial charge in [-0.25, -0.2) is 0 Å². The summed E-state index contributed by atoms with van der Waals surface area (Å²) in [6.07, 6.45) is 4.75. The van der Waals surface area contributed by atoms with Crippen LogP contribution >= 0.6 is 11.6 Å². The highest BCUT2D eigenvalue weighted by molar-refractivity contribution is 6.30. The molecule has 0 saturated carbocycles. The van der Waals surface area contributed by atoms with Crippen molar-refractivity contribution in [1.82, 2.24) is 5.32 Å². The van der Waals surface area contributed by atoms with Gasteiger partial charge in [-0.05, 0) is 83.9 Å². The van der Waals surface area contributed by atoms with Gasteiger partial charge >= 0.3 is 0 Å². The first-order valence-electron chi connectivity index (χ1n) is 12.0. The molecule has 0 fully saturated rings. The molecule has 4 aromatic carbocycles. The third-order valence-corrected chi connectivity index (χ3v) is 5.91. The summed E-state index contributed by atoms with van der Waals surface area (Å²) in [7, 11) is 1.55. The largest absolute Gasteiger partial charge is 0.497 e. The van der Waals surface area contributed by atoms with E-state index in [1.807, 2.05) is 12.1 Å². The van der Waals surface area contributed by atoms with E-state index in [1.165, 1.54) is 6.08 Å². The van der Waals surface area contributed by atoms with Crippen LogP contribution in [0.5, 0.6) is 5.75 Å². The van der Waals surface area contributed by atoms with Gasteiger partial charge in [-0.3, -0.25) is 14.4 Å². The Morgan fingerprint density at radius 3 is 2.18 bits per heavy atom. The number of benzene rings is 4. The Labute approximate surface area is 231 Å². The Balaban J connectivity index is 1.50. The van der Waals surface area contributed by atoms with Gasteiger partial charge in [-0.15, -0.1) is 0 Å². The average Bonchev–Trinajstić information content (AvgIpc) is 2.97. The standard InChI is InChI=1S/C32H25ClN2O4/c1-39-28-9-5-6-23(20-28)21-29(35-31(37)25-7-3-2-4-8-25)32(38)34-27-17-13-24(14-18-27)30(36)19-12-22-10-15-26(33)16-11-22/h2-21H,1H3,(H,34,38)(H,35,37)/b19-12+,29-21-. The Hall–Kier alpha value is -4.94. The quantitative estimate of drug-likeness (QED) is 0.185. The lowest BCUT2D eigenvalue weighted by Crippen LogP contribution is -2.30. The predicted molar refractivity (Wildman–Crippen MR) is 155 cm³/mol. The number of hydrogen-bond acceptors (Lipinski definition) is 4. The van der Waals surface area contributed by atoms with Gasteiger partial charge in [0.1, 0.15) is 11.4 Å². The van der Waals surface area contributed by atoms with E-state index in [4.69, 9.17) is 16.3 Å². The Morgan fingerprint density at radius 2 is 1.49 bits per heavy atom. The van der Waals surface area contributed by atoms with Crippen molar-refractivity contribution in [2.75, 3.05) is 12.4 Å². The number of anilines is 1. The number of ether oxygens (including phenoxy) is 1. The van der Waals surface area contributed by atoms with Crippen LogP contribution in [-0.2, 0) is 4.79 Å². The molecule has 7 heteroatoms. The number of carbonyl (C=O) groups excluding carboxylic acids is 3. The lowest BCUT2D eigenvalue weighted by Gasteiger charge is -2.12. The highest BCUT2D eigenvalue weighted by Crippen LogP contribution is 2.17. The first-order valence-corrected chi connectivity index (χ1v) is 12.4. The van der Waals surface area contributed by atoms with Crippen LogP contribution in [0.4, 0.5) is 5.69 Å². The molecule has 6 nitrogen and oxygen atoms in total. The highest BCUT2D eigenvalue weighted by atomic mass is 35.5. The summed E-state index contributed by atoms with van der Waals surface area (Å²) in [4.78, 5) is 38.6. The minimum Gasteiger partial charge on any atom is -0.497 e. The number of rotatable bonds is 9. The first-order chi connectivity index (χ1) is 18.9. The number of methoxy groups -OCH3 is 1. The molecule has 0 atom stereocenters. The van der Waals surface area contributed by atoms with Gasteiger partial charge in [-0.1, -0.05) is 60.1 Å². The second kappa shape index (κ2) is 13.0. The van der Waals surface area contributed by atoms with Gasteiger partial charge in [0.15, 0.2) is 5.78 Å². The van der Waals surface area contributed by atoms with E-state index in [0.29, 0.717) is 33.1 Å². The second-order valence-electron chi connectivity index (χ2n) is 8.44.